The molecule has 4 aromatic rings. The van der Waals surface area contributed by atoms with E-state index in [9.17, 15) is 0 Å². The Balaban J connectivity index is 2.11. The number of hydrogen-bond acceptors (Lipinski definition) is 1. The molecule has 20 heavy (non-hydrogen) atoms. The molecule has 0 aliphatic carbocycles. The molecule has 0 N–H and O–H groups in total. The molecular formula is C18H11BO. The van der Waals surface area contributed by atoms with Crippen LogP contribution in [-0.4, -0.2) is 7.85 Å². The summed E-state index contributed by atoms with van der Waals surface area (Å²) in [4.78, 5) is 0. The van der Waals surface area contributed by atoms with Gasteiger partial charge >= 0.3 is 0 Å². The molecule has 2 radical (unpaired) electrons. The Kier molecular flexibility index (Phi) is 2.43. The van der Waals surface area contributed by atoms with Gasteiger partial charge in [-0.05, 0) is 11.6 Å². The summed E-state index contributed by atoms with van der Waals surface area (Å²) >= 11 is 0. The van der Waals surface area contributed by atoms with E-state index in [-0.39, 0.29) is 0 Å². The Bertz CT molecular complexity index is 907. The van der Waals surface area contributed by atoms with Crippen LogP contribution in [0.25, 0.3) is 33.1 Å². The van der Waals surface area contributed by atoms with Crippen molar-refractivity contribution in [3.05, 3.63) is 66.7 Å². The molecule has 92 valence electrons. The lowest BCUT2D eigenvalue weighted by Gasteiger charge is -2.01. The molecule has 1 aromatic heterocycles. The molecule has 0 aliphatic rings. The Morgan fingerprint density at radius 2 is 1.60 bits per heavy atom. The van der Waals surface area contributed by atoms with Crippen molar-refractivity contribution in [2.75, 3.05) is 0 Å². The van der Waals surface area contributed by atoms with Crippen LogP contribution < -0.4 is 5.46 Å². The third-order valence-corrected chi connectivity index (χ3v) is 3.61. The topological polar surface area (TPSA) is 13.1 Å². The molecule has 0 atom stereocenters. The smallest absolute Gasteiger partial charge is 0.143 e. The van der Waals surface area contributed by atoms with Crippen LogP contribution in [0, 0.1) is 0 Å². The molecule has 0 aliphatic heterocycles. The summed E-state index contributed by atoms with van der Waals surface area (Å²) in [6.45, 7) is 0. The monoisotopic (exact) mass is 254 g/mol. The molecule has 0 saturated heterocycles. The summed E-state index contributed by atoms with van der Waals surface area (Å²) in [6, 6.07) is 22.3. The predicted molar refractivity (Wildman–Crippen MR) is 84.5 cm³/mol. The maximum absolute atomic E-state index is 6.04. The van der Waals surface area contributed by atoms with Gasteiger partial charge in [-0.1, -0.05) is 66.1 Å². The van der Waals surface area contributed by atoms with Gasteiger partial charge in [-0.2, -0.15) is 0 Å². The Morgan fingerprint density at radius 3 is 2.45 bits per heavy atom. The van der Waals surface area contributed by atoms with Crippen LogP contribution in [-0.2, 0) is 0 Å². The molecule has 0 unspecified atom stereocenters. The van der Waals surface area contributed by atoms with Crippen molar-refractivity contribution in [1.29, 1.82) is 0 Å². The van der Waals surface area contributed by atoms with E-state index in [1.807, 2.05) is 36.4 Å². The highest BCUT2D eigenvalue weighted by Gasteiger charge is 2.11. The van der Waals surface area contributed by atoms with Gasteiger partial charge in [-0.15, -0.1) is 0 Å². The molecule has 2 heteroatoms. The van der Waals surface area contributed by atoms with Crippen molar-refractivity contribution in [3.63, 3.8) is 0 Å². The summed E-state index contributed by atoms with van der Waals surface area (Å²) in [5.41, 5.74) is 4.74. The molecule has 0 saturated carbocycles. The van der Waals surface area contributed by atoms with Crippen molar-refractivity contribution < 1.29 is 4.42 Å². The van der Waals surface area contributed by atoms with E-state index in [1.165, 1.54) is 0 Å². The third-order valence-electron chi connectivity index (χ3n) is 3.61. The Morgan fingerprint density at radius 1 is 0.750 bits per heavy atom. The van der Waals surface area contributed by atoms with Crippen molar-refractivity contribution in [2.24, 2.45) is 0 Å². The van der Waals surface area contributed by atoms with Crippen LogP contribution >= 0.6 is 0 Å². The SMILES string of the molecule is [B]c1ccc2c(c1)oc1c(-c3ccccc3)cccc12. The van der Waals surface area contributed by atoms with Crippen LogP contribution in [0.2, 0.25) is 0 Å². The van der Waals surface area contributed by atoms with Crippen molar-refractivity contribution >= 4 is 35.2 Å². The maximum Gasteiger partial charge on any atom is 0.143 e. The maximum atomic E-state index is 6.04. The molecule has 0 bridgehead atoms. The van der Waals surface area contributed by atoms with Crippen LogP contribution in [0.4, 0.5) is 0 Å². The van der Waals surface area contributed by atoms with Gasteiger partial charge in [0.25, 0.3) is 0 Å². The van der Waals surface area contributed by atoms with Crippen LogP contribution in [0.15, 0.2) is 71.1 Å². The van der Waals surface area contributed by atoms with Gasteiger partial charge in [0.1, 0.15) is 19.0 Å². The van der Waals surface area contributed by atoms with Gasteiger partial charge in [0.05, 0.1) is 0 Å². The highest BCUT2D eigenvalue weighted by Crippen LogP contribution is 2.35. The standard InChI is InChI=1S/C18H11BO/c19-13-9-10-15-16-8-4-7-14(12-5-2-1-3-6-12)18(16)20-17(15)11-13/h1-11H. The molecule has 3 aromatic carbocycles. The van der Waals surface area contributed by atoms with Gasteiger partial charge < -0.3 is 4.42 Å². The first-order valence-electron chi connectivity index (χ1n) is 6.59. The largest absolute Gasteiger partial charge is 0.455 e. The van der Waals surface area contributed by atoms with Crippen molar-refractivity contribution in [3.8, 4) is 11.1 Å². The summed E-state index contributed by atoms with van der Waals surface area (Å²) < 4.78 is 6.04. The molecule has 0 fully saturated rings. The highest BCUT2D eigenvalue weighted by molar-refractivity contribution is 6.33. The summed E-state index contributed by atoms with van der Waals surface area (Å²) in [6.07, 6.45) is 0. The van der Waals surface area contributed by atoms with E-state index >= 15 is 0 Å². The fourth-order valence-corrected chi connectivity index (χ4v) is 2.66. The first-order chi connectivity index (χ1) is 9.83. The minimum absolute atomic E-state index is 0.720. The van der Waals surface area contributed by atoms with E-state index in [4.69, 9.17) is 12.3 Å². The van der Waals surface area contributed by atoms with Gasteiger partial charge in [-0.25, -0.2) is 0 Å². The number of furan rings is 1. The molecular weight excluding hydrogens is 243 g/mol. The second-order valence-corrected chi connectivity index (χ2v) is 4.91. The molecule has 0 spiro atoms. The molecule has 1 nitrogen and oxygen atoms in total. The van der Waals surface area contributed by atoms with Crippen molar-refractivity contribution in [1.82, 2.24) is 0 Å². The van der Waals surface area contributed by atoms with Crippen molar-refractivity contribution in [2.45, 2.75) is 0 Å². The average Bonchev–Trinajstić information content (AvgIpc) is 2.85. The number of benzene rings is 3. The lowest BCUT2D eigenvalue weighted by molar-refractivity contribution is 0.670. The summed E-state index contributed by atoms with van der Waals surface area (Å²) in [7, 11) is 5.83. The van der Waals surface area contributed by atoms with Crippen LogP contribution in [0.3, 0.4) is 0 Å². The zero-order valence-electron chi connectivity index (χ0n) is 10.8. The Labute approximate surface area is 118 Å². The van der Waals surface area contributed by atoms with Gasteiger partial charge in [0.2, 0.25) is 0 Å². The number of rotatable bonds is 1. The average molecular weight is 254 g/mol. The van der Waals surface area contributed by atoms with Gasteiger partial charge in [0, 0.05) is 16.3 Å². The quantitative estimate of drug-likeness (QED) is 0.467. The number of hydrogen-bond donors (Lipinski definition) is 0. The zero-order chi connectivity index (χ0) is 13.5. The lowest BCUT2D eigenvalue weighted by Crippen LogP contribution is -1.98. The Hall–Kier alpha value is -2.48. The fourth-order valence-electron chi connectivity index (χ4n) is 2.66. The normalized spacial score (nSPS) is 11.2. The van der Waals surface area contributed by atoms with E-state index in [2.05, 4.69) is 30.3 Å². The minimum Gasteiger partial charge on any atom is -0.455 e. The van der Waals surface area contributed by atoms with Gasteiger partial charge in [-0.3, -0.25) is 0 Å². The van der Waals surface area contributed by atoms with E-state index in [1.54, 1.807) is 0 Å². The first kappa shape index (κ1) is 11.4. The van der Waals surface area contributed by atoms with E-state index in [0.29, 0.717) is 0 Å². The molecule has 0 amide bonds. The van der Waals surface area contributed by atoms with Crippen LogP contribution in [0.1, 0.15) is 0 Å². The number of para-hydroxylation sites is 1. The summed E-state index contributed by atoms with van der Waals surface area (Å²) in [5.74, 6) is 0. The lowest BCUT2D eigenvalue weighted by atomic mass is 9.95. The van der Waals surface area contributed by atoms with Crippen LogP contribution in [0.5, 0.6) is 0 Å². The minimum atomic E-state index is 0.720. The predicted octanol–water partition coefficient (Wildman–Crippen LogP) is 4.05. The highest BCUT2D eigenvalue weighted by atomic mass is 16.3. The molecule has 4 rings (SSSR count). The zero-order valence-corrected chi connectivity index (χ0v) is 10.8. The second-order valence-electron chi connectivity index (χ2n) is 4.91. The first-order valence-corrected chi connectivity index (χ1v) is 6.59. The second kappa shape index (κ2) is 4.27. The fraction of sp³-hybridized carbons (Fsp3) is 0. The third kappa shape index (κ3) is 1.65. The van der Waals surface area contributed by atoms with Gasteiger partial charge in [0.15, 0.2) is 0 Å². The molecule has 1 heterocycles. The number of fused-ring (bicyclic) bond motifs is 3. The van der Waals surface area contributed by atoms with E-state index < -0.39 is 0 Å². The summed E-state index contributed by atoms with van der Waals surface area (Å²) in [5, 5.41) is 2.23. The van der Waals surface area contributed by atoms with E-state index in [0.717, 1.165) is 38.5 Å².